The van der Waals surface area contributed by atoms with E-state index in [1.807, 2.05) is 18.2 Å². The summed E-state index contributed by atoms with van der Waals surface area (Å²) in [5.41, 5.74) is 1.21. The van der Waals surface area contributed by atoms with Gasteiger partial charge in [0, 0.05) is 18.4 Å². The number of ether oxygens (including phenoxy) is 1. The molecule has 4 rings (SSSR count). The number of aromatic nitrogens is 2. The van der Waals surface area contributed by atoms with E-state index >= 15 is 0 Å². The molecule has 0 fully saturated rings. The molecule has 0 spiro atoms. The van der Waals surface area contributed by atoms with Crippen LogP contribution in [0, 0.1) is 0 Å². The summed E-state index contributed by atoms with van der Waals surface area (Å²) in [7, 11) is 1.65. The first-order valence-corrected chi connectivity index (χ1v) is 10.0. The molecule has 0 bridgehead atoms. The maximum atomic E-state index is 13.1. The molecule has 0 amide bonds. The lowest BCUT2D eigenvalue weighted by Crippen LogP contribution is -2.27. The maximum absolute atomic E-state index is 13.1. The number of nitrogens with zero attached hydrogens (tertiary/aromatic N) is 2. The van der Waals surface area contributed by atoms with Crippen molar-refractivity contribution in [3.05, 3.63) is 75.1 Å². The molecule has 2 heterocycles. The maximum Gasteiger partial charge on any atom is 0.262 e. The summed E-state index contributed by atoms with van der Waals surface area (Å²) in [6.45, 7) is 3.10. The Balaban J connectivity index is 1.87. The number of methoxy groups -OCH3 is 1. The largest absolute Gasteiger partial charge is 0.383 e. The van der Waals surface area contributed by atoms with Crippen LogP contribution in [-0.4, -0.2) is 23.3 Å². The third-order valence-corrected chi connectivity index (χ3v) is 6.05. The van der Waals surface area contributed by atoms with E-state index in [1.165, 1.54) is 21.2 Å². The minimum absolute atomic E-state index is 0.0308. The lowest BCUT2D eigenvalue weighted by molar-refractivity contribution is 0.185. The second kappa shape index (κ2) is 7.62. The molecule has 0 radical (unpaired) electrons. The Morgan fingerprint density at radius 3 is 2.74 bits per heavy atom. The molecule has 0 aliphatic carbocycles. The minimum atomic E-state index is 0.0308. The second-order valence-electron chi connectivity index (χ2n) is 6.58. The van der Waals surface area contributed by atoms with E-state index in [-0.39, 0.29) is 5.56 Å². The van der Waals surface area contributed by atoms with Gasteiger partial charge < -0.3 is 4.74 Å². The van der Waals surface area contributed by atoms with Gasteiger partial charge in [0.05, 0.1) is 18.5 Å². The summed E-state index contributed by atoms with van der Waals surface area (Å²) >= 11 is 1.62. The van der Waals surface area contributed by atoms with Crippen LogP contribution in [-0.2, 0) is 24.1 Å². The number of hydrogen-bond donors (Lipinski definition) is 0. The van der Waals surface area contributed by atoms with Crippen molar-refractivity contribution < 1.29 is 4.74 Å². The zero-order chi connectivity index (χ0) is 18.8. The first kappa shape index (κ1) is 17.9. The van der Waals surface area contributed by atoms with Crippen LogP contribution in [0.1, 0.15) is 23.2 Å². The minimum Gasteiger partial charge on any atom is -0.383 e. The Kier molecular flexibility index (Phi) is 5.05. The smallest absolute Gasteiger partial charge is 0.262 e. The third kappa shape index (κ3) is 3.40. The monoisotopic (exact) mass is 378 g/mol. The zero-order valence-corrected chi connectivity index (χ0v) is 16.4. The predicted molar refractivity (Wildman–Crippen MR) is 112 cm³/mol. The summed E-state index contributed by atoms with van der Waals surface area (Å²) in [6, 6.07) is 16.6. The van der Waals surface area contributed by atoms with Crippen LogP contribution in [0.25, 0.3) is 21.0 Å². The van der Waals surface area contributed by atoms with E-state index in [2.05, 4.69) is 37.3 Å². The van der Waals surface area contributed by atoms with Gasteiger partial charge in [-0.25, -0.2) is 4.98 Å². The van der Waals surface area contributed by atoms with Crippen LogP contribution in [0.2, 0.25) is 0 Å². The fourth-order valence-corrected chi connectivity index (χ4v) is 4.42. The van der Waals surface area contributed by atoms with Gasteiger partial charge >= 0.3 is 0 Å². The zero-order valence-electron chi connectivity index (χ0n) is 15.6. The standard InChI is InChI=1S/C22H22N2O2S/c1-3-17-14-19-21(27-17)23-20(24(22(19)25)11-12-26-2)13-16-9-6-8-15-7-4-5-10-18(15)16/h4-10,14H,3,11-13H2,1-2H3. The average molecular weight is 378 g/mol. The Morgan fingerprint density at radius 1 is 1.11 bits per heavy atom. The Hall–Kier alpha value is -2.50. The fourth-order valence-electron chi connectivity index (χ4n) is 3.45. The van der Waals surface area contributed by atoms with Gasteiger partial charge in [-0.15, -0.1) is 11.3 Å². The average Bonchev–Trinajstić information content (AvgIpc) is 3.11. The van der Waals surface area contributed by atoms with Crippen molar-refractivity contribution in [2.24, 2.45) is 0 Å². The van der Waals surface area contributed by atoms with Crippen LogP contribution in [0.3, 0.4) is 0 Å². The van der Waals surface area contributed by atoms with Crippen LogP contribution in [0.4, 0.5) is 0 Å². The van der Waals surface area contributed by atoms with Crippen molar-refractivity contribution in [2.75, 3.05) is 13.7 Å². The van der Waals surface area contributed by atoms with E-state index in [9.17, 15) is 4.79 Å². The van der Waals surface area contributed by atoms with Gasteiger partial charge in [-0.1, -0.05) is 49.4 Å². The molecule has 0 aliphatic heterocycles. The summed E-state index contributed by atoms with van der Waals surface area (Å²) in [5, 5.41) is 3.12. The number of aryl methyl sites for hydroxylation is 1. The van der Waals surface area contributed by atoms with Gasteiger partial charge in [0.2, 0.25) is 0 Å². The van der Waals surface area contributed by atoms with Gasteiger partial charge in [-0.3, -0.25) is 9.36 Å². The number of fused-ring (bicyclic) bond motifs is 2. The molecule has 0 aliphatic rings. The van der Waals surface area contributed by atoms with E-state index in [1.54, 1.807) is 23.0 Å². The molecule has 4 aromatic rings. The number of benzene rings is 2. The van der Waals surface area contributed by atoms with Gasteiger partial charge in [-0.2, -0.15) is 0 Å². The van der Waals surface area contributed by atoms with Crippen molar-refractivity contribution in [3.8, 4) is 0 Å². The molecule has 0 saturated heterocycles. The molecule has 0 unspecified atom stereocenters. The second-order valence-corrected chi connectivity index (χ2v) is 7.69. The van der Waals surface area contributed by atoms with Crippen molar-refractivity contribution in [1.82, 2.24) is 9.55 Å². The molecule has 2 aromatic carbocycles. The van der Waals surface area contributed by atoms with Crippen LogP contribution in [0.15, 0.2) is 53.3 Å². The first-order valence-electron chi connectivity index (χ1n) is 9.19. The van der Waals surface area contributed by atoms with Crippen molar-refractivity contribution in [1.29, 1.82) is 0 Å². The predicted octanol–water partition coefficient (Wildman–Crippen LogP) is 4.41. The van der Waals surface area contributed by atoms with Crippen molar-refractivity contribution >= 4 is 32.3 Å². The molecular weight excluding hydrogens is 356 g/mol. The van der Waals surface area contributed by atoms with Gasteiger partial charge in [0.1, 0.15) is 10.7 Å². The number of rotatable bonds is 6. The molecule has 27 heavy (non-hydrogen) atoms. The van der Waals surface area contributed by atoms with Gasteiger partial charge in [0.25, 0.3) is 5.56 Å². The lowest BCUT2D eigenvalue weighted by atomic mass is 10.0. The molecule has 4 nitrogen and oxygen atoms in total. The molecule has 2 aromatic heterocycles. The fraction of sp³-hybridized carbons (Fsp3) is 0.273. The molecule has 0 saturated carbocycles. The number of thiophene rings is 1. The van der Waals surface area contributed by atoms with Crippen molar-refractivity contribution in [3.63, 3.8) is 0 Å². The Labute approximate surface area is 162 Å². The summed E-state index contributed by atoms with van der Waals surface area (Å²) in [5.74, 6) is 0.797. The van der Waals surface area contributed by atoms with Gasteiger partial charge in [-0.05, 0) is 28.8 Å². The highest BCUT2D eigenvalue weighted by Gasteiger charge is 2.15. The van der Waals surface area contributed by atoms with E-state index < -0.39 is 0 Å². The highest BCUT2D eigenvalue weighted by Crippen LogP contribution is 2.24. The van der Waals surface area contributed by atoms with Crippen LogP contribution in [0.5, 0.6) is 0 Å². The molecule has 138 valence electrons. The Bertz CT molecular complexity index is 1150. The summed E-state index contributed by atoms with van der Waals surface area (Å²) in [6.07, 6.45) is 1.53. The molecule has 0 atom stereocenters. The molecular formula is C22H22N2O2S. The van der Waals surface area contributed by atoms with Gasteiger partial charge in [0.15, 0.2) is 0 Å². The number of hydrogen-bond acceptors (Lipinski definition) is 4. The lowest BCUT2D eigenvalue weighted by Gasteiger charge is -2.13. The third-order valence-electron chi connectivity index (χ3n) is 4.88. The van der Waals surface area contributed by atoms with Crippen LogP contribution < -0.4 is 5.56 Å². The highest BCUT2D eigenvalue weighted by molar-refractivity contribution is 7.18. The van der Waals surface area contributed by atoms with Crippen molar-refractivity contribution in [2.45, 2.75) is 26.3 Å². The molecule has 0 N–H and O–H groups in total. The van der Waals surface area contributed by atoms with E-state index in [0.717, 1.165) is 22.5 Å². The van der Waals surface area contributed by atoms with Crippen LogP contribution >= 0.6 is 11.3 Å². The van der Waals surface area contributed by atoms with E-state index in [4.69, 9.17) is 9.72 Å². The first-order chi connectivity index (χ1) is 13.2. The highest BCUT2D eigenvalue weighted by atomic mass is 32.1. The Morgan fingerprint density at radius 2 is 1.93 bits per heavy atom. The topological polar surface area (TPSA) is 44.1 Å². The van der Waals surface area contributed by atoms with E-state index in [0.29, 0.717) is 19.6 Å². The quantitative estimate of drug-likeness (QED) is 0.499. The molecule has 5 heteroatoms. The normalized spacial score (nSPS) is 11.5. The summed E-state index contributed by atoms with van der Waals surface area (Å²) in [4.78, 5) is 20.0. The summed E-state index contributed by atoms with van der Waals surface area (Å²) < 4.78 is 7.01. The SMILES string of the molecule is CCc1cc2c(=O)n(CCOC)c(Cc3cccc4ccccc34)nc2s1.